The van der Waals surface area contributed by atoms with E-state index in [1.54, 1.807) is 25.3 Å². The number of nitrogens with one attached hydrogen (secondary N) is 1. The minimum absolute atomic E-state index is 0.0197. The molecule has 0 heterocycles. The molecule has 1 aliphatic rings. The SMILES string of the molecule is COc1ccc(C(=O)NCC2(SC)CCCC2)cc1Br. The van der Waals surface area contributed by atoms with Crippen molar-refractivity contribution in [1.82, 2.24) is 5.32 Å². The van der Waals surface area contributed by atoms with Gasteiger partial charge < -0.3 is 10.1 Å². The van der Waals surface area contributed by atoms with Crippen molar-refractivity contribution in [2.24, 2.45) is 0 Å². The summed E-state index contributed by atoms with van der Waals surface area (Å²) in [6.07, 6.45) is 7.07. The summed E-state index contributed by atoms with van der Waals surface area (Å²) in [6, 6.07) is 5.40. The van der Waals surface area contributed by atoms with E-state index in [2.05, 4.69) is 27.5 Å². The smallest absolute Gasteiger partial charge is 0.251 e. The van der Waals surface area contributed by atoms with Gasteiger partial charge in [0.15, 0.2) is 0 Å². The number of carbonyl (C=O) groups excluding carboxylic acids is 1. The highest BCUT2D eigenvalue weighted by atomic mass is 79.9. The van der Waals surface area contributed by atoms with Gasteiger partial charge in [0, 0.05) is 16.9 Å². The van der Waals surface area contributed by atoms with Crippen LogP contribution in [0.1, 0.15) is 36.0 Å². The molecule has 2 rings (SSSR count). The normalized spacial score (nSPS) is 16.9. The van der Waals surface area contributed by atoms with Crippen LogP contribution in [0.5, 0.6) is 5.75 Å². The Morgan fingerprint density at radius 1 is 1.45 bits per heavy atom. The second-order valence-electron chi connectivity index (χ2n) is 5.13. The van der Waals surface area contributed by atoms with E-state index in [4.69, 9.17) is 4.74 Å². The Balaban J connectivity index is 1.99. The molecule has 20 heavy (non-hydrogen) atoms. The van der Waals surface area contributed by atoms with Crippen molar-refractivity contribution < 1.29 is 9.53 Å². The first-order valence-corrected chi connectivity index (χ1v) is 8.79. The summed E-state index contributed by atoms with van der Waals surface area (Å²) in [6.45, 7) is 0.747. The third kappa shape index (κ3) is 3.50. The zero-order valence-corrected chi connectivity index (χ0v) is 14.3. The fourth-order valence-corrected chi connectivity index (χ4v) is 4.08. The molecule has 110 valence electrons. The minimum Gasteiger partial charge on any atom is -0.496 e. The molecule has 0 aromatic heterocycles. The first-order valence-electron chi connectivity index (χ1n) is 6.77. The number of thioether (sulfide) groups is 1. The second kappa shape index (κ2) is 6.85. The van der Waals surface area contributed by atoms with Crippen LogP contribution in [0.15, 0.2) is 22.7 Å². The Labute approximate surface area is 133 Å². The summed E-state index contributed by atoms with van der Waals surface area (Å²) in [5, 5.41) is 3.08. The van der Waals surface area contributed by atoms with Gasteiger partial charge in [-0.2, -0.15) is 11.8 Å². The van der Waals surface area contributed by atoms with E-state index in [0.717, 1.165) is 16.8 Å². The average Bonchev–Trinajstić information content (AvgIpc) is 2.94. The van der Waals surface area contributed by atoms with Gasteiger partial charge in [-0.05, 0) is 53.2 Å². The van der Waals surface area contributed by atoms with Crippen molar-refractivity contribution in [3.8, 4) is 5.75 Å². The first-order chi connectivity index (χ1) is 9.60. The molecule has 1 saturated carbocycles. The van der Waals surface area contributed by atoms with Crippen LogP contribution in [0, 0.1) is 0 Å². The van der Waals surface area contributed by atoms with Gasteiger partial charge in [-0.15, -0.1) is 0 Å². The highest BCUT2D eigenvalue weighted by Crippen LogP contribution is 2.39. The van der Waals surface area contributed by atoms with E-state index < -0.39 is 0 Å². The van der Waals surface area contributed by atoms with Gasteiger partial charge in [-0.1, -0.05) is 12.8 Å². The molecule has 1 fully saturated rings. The number of rotatable bonds is 5. The van der Waals surface area contributed by atoms with Crippen LogP contribution in [0.3, 0.4) is 0 Å². The molecule has 0 aliphatic heterocycles. The zero-order valence-electron chi connectivity index (χ0n) is 11.9. The van der Waals surface area contributed by atoms with Crippen LogP contribution >= 0.6 is 27.7 Å². The van der Waals surface area contributed by atoms with Gasteiger partial charge >= 0.3 is 0 Å². The predicted molar refractivity (Wildman–Crippen MR) is 87.7 cm³/mol. The molecule has 5 heteroatoms. The maximum Gasteiger partial charge on any atom is 0.251 e. The molecule has 0 spiro atoms. The van der Waals surface area contributed by atoms with Crippen LogP contribution in [-0.2, 0) is 0 Å². The van der Waals surface area contributed by atoms with E-state index >= 15 is 0 Å². The number of methoxy groups -OCH3 is 1. The Morgan fingerprint density at radius 2 is 2.15 bits per heavy atom. The van der Waals surface area contributed by atoms with Crippen LogP contribution in [-0.4, -0.2) is 30.6 Å². The van der Waals surface area contributed by atoms with E-state index in [1.165, 1.54) is 25.7 Å². The number of ether oxygens (including phenoxy) is 1. The molecule has 1 aliphatic carbocycles. The van der Waals surface area contributed by atoms with Crippen LogP contribution in [0.25, 0.3) is 0 Å². The Bertz CT molecular complexity index is 487. The third-order valence-corrected chi connectivity index (χ3v) is 5.97. The van der Waals surface area contributed by atoms with E-state index in [9.17, 15) is 4.79 Å². The topological polar surface area (TPSA) is 38.3 Å². The monoisotopic (exact) mass is 357 g/mol. The number of hydrogen-bond acceptors (Lipinski definition) is 3. The number of amides is 1. The average molecular weight is 358 g/mol. The molecule has 0 bridgehead atoms. The van der Waals surface area contributed by atoms with Crippen molar-refractivity contribution >= 4 is 33.6 Å². The molecular weight excluding hydrogens is 338 g/mol. The molecule has 1 amide bonds. The molecule has 1 N–H and O–H groups in total. The molecule has 0 atom stereocenters. The standard InChI is InChI=1S/C15H20BrNO2S/c1-19-13-6-5-11(9-12(13)16)14(18)17-10-15(20-2)7-3-4-8-15/h5-6,9H,3-4,7-8,10H2,1-2H3,(H,17,18). The van der Waals surface area contributed by atoms with E-state index in [1.807, 2.05) is 11.8 Å². The van der Waals surface area contributed by atoms with Crippen LogP contribution in [0.2, 0.25) is 0 Å². The Kier molecular flexibility index (Phi) is 5.38. The quantitative estimate of drug-likeness (QED) is 0.869. The number of benzene rings is 1. The predicted octanol–water partition coefficient (Wildman–Crippen LogP) is 3.86. The Morgan fingerprint density at radius 3 is 2.70 bits per heavy atom. The highest BCUT2D eigenvalue weighted by Gasteiger charge is 2.33. The summed E-state index contributed by atoms with van der Waals surface area (Å²) < 4.78 is 6.21. The van der Waals surface area contributed by atoms with Crippen molar-refractivity contribution in [1.29, 1.82) is 0 Å². The molecule has 0 radical (unpaired) electrons. The van der Waals surface area contributed by atoms with Crippen LogP contribution in [0.4, 0.5) is 0 Å². The van der Waals surface area contributed by atoms with Crippen molar-refractivity contribution in [3.63, 3.8) is 0 Å². The van der Waals surface area contributed by atoms with Crippen molar-refractivity contribution in [2.45, 2.75) is 30.4 Å². The maximum atomic E-state index is 12.2. The van der Waals surface area contributed by atoms with Crippen molar-refractivity contribution in [2.75, 3.05) is 19.9 Å². The maximum absolute atomic E-state index is 12.2. The van der Waals surface area contributed by atoms with E-state index in [0.29, 0.717) is 5.56 Å². The molecule has 0 unspecified atom stereocenters. The third-order valence-electron chi connectivity index (χ3n) is 3.93. The summed E-state index contributed by atoms with van der Waals surface area (Å²) >= 11 is 5.29. The number of carbonyl (C=O) groups is 1. The van der Waals surface area contributed by atoms with Crippen molar-refractivity contribution in [3.05, 3.63) is 28.2 Å². The van der Waals surface area contributed by atoms with Gasteiger partial charge in [-0.25, -0.2) is 0 Å². The zero-order chi connectivity index (χ0) is 14.6. The lowest BCUT2D eigenvalue weighted by Gasteiger charge is -2.26. The second-order valence-corrected chi connectivity index (χ2v) is 7.25. The minimum atomic E-state index is -0.0197. The molecule has 1 aromatic rings. The number of halogens is 1. The van der Waals surface area contributed by atoms with Gasteiger partial charge in [-0.3, -0.25) is 4.79 Å². The lowest BCUT2D eigenvalue weighted by atomic mass is 10.1. The summed E-state index contributed by atoms with van der Waals surface area (Å²) in [7, 11) is 1.61. The molecule has 3 nitrogen and oxygen atoms in total. The van der Waals surface area contributed by atoms with E-state index in [-0.39, 0.29) is 10.7 Å². The summed E-state index contributed by atoms with van der Waals surface area (Å²) in [5.74, 6) is 0.714. The Hall–Kier alpha value is -0.680. The largest absolute Gasteiger partial charge is 0.496 e. The van der Waals surface area contributed by atoms with Crippen LogP contribution < -0.4 is 10.1 Å². The first kappa shape index (κ1) is 15.7. The van der Waals surface area contributed by atoms with Gasteiger partial charge in [0.1, 0.15) is 5.75 Å². The fourth-order valence-electron chi connectivity index (χ4n) is 2.62. The molecular formula is C15H20BrNO2S. The molecule has 0 saturated heterocycles. The van der Waals surface area contributed by atoms with Gasteiger partial charge in [0.25, 0.3) is 5.91 Å². The summed E-state index contributed by atoms with van der Waals surface area (Å²) in [5.41, 5.74) is 0.659. The lowest BCUT2D eigenvalue weighted by molar-refractivity contribution is 0.0949. The van der Waals surface area contributed by atoms with Gasteiger partial charge in [0.05, 0.1) is 11.6 Å². The fraction of sp³-hybridized carbons (Fsp3) is 0.533. The molecule has 1 aromatic carbocycles. The summed E-state index contributed by atoms with van der Waals surface area (Å²) in [4.78, 5) is 12.2. The lowest BCUT2D eigenvalue weighted by Crippen LogP contribution is -2.38. The highest BCUT2D eigenvalue weighted by molar-refractivity contribution is 9.10. The van der Waals surface area contributed by atoms with Gasteiger partial charge in [0.2, 0.25) is 0 Å². The number of hydrogen-bond donors (Lipinski definition) is 1.